The molecule has 1 aromatic heterocycles. The Kier molecular flexibility index (Phi) is 6.13. The van der Waals surface area contributed by atoms with Gasteiger partial charge in [0.15, 0.2) is 5.76 Å². The van der Waals surface area contributed by atoms with Crippen LogP contribution < -0.4 is 14.2 Å². The van der Waals surface area contributed by atoms with E-state index < -0.39 is 10.0 Å². The molecule has 1 aliphatic rings. The first-order valence-electron chi connectivity index (χ1n) is 9.22. The second-order valence-electron chi connectivity index (χ2n) is 6.94. The van der Waals surface area contributed by atoms with Gasteiger partial charge in [-0.1, -0.05) is 5.16 Å². The molecule has 0 saturated carbocycles. The number of ether oxygens (including phenoxy) is 2. The van der Waals surface area contributed by atoms with Crippen LogP contribution in [0.25, 0.3) is 0 Å². The van der Waals surface area contributed by atoms with Gasteiger partial charge in [-0.2, -0.15) is 0 Å². The highest BCUT2D eigenvalue weighted by Crippen LogP contribution is 2.25. The van der Waals surface area contributed by atoms with Crippen LogP contribution in [-0.2, 0) is 10.0 Å². The van der Waals surface area contributed by atoms with Gasteiger partial charge >= 0.3 is 0 Å². The fourth-order valence-electron chi connectivity index (χ4n) is 3.45. The van der Waals surface area contributed by atoms with E-state index in [0.717, 1.165) is 0 Å². The van der Waals surface area contributed by atoms with Gasteiger partial charge in [0.05, 0.1) is 14.2 Å². The number of aromatic nitrogens is 1. The topological polar surface area (TPSA) is 111 Å². The number of hydrogen-bond donors (Lipinski definition) is 1. The molecule has 0 unspecified atom stereocenters. The van der Waals surface area contributed by atoms with Gasteiger partial charge in [0, 0.05) is 30.8 Å². The van der Waals surface area contributed by atoms with E-state index in [1.165, 1.54) is 14.2 Å². The van der Waals surface area contributed by atoms with E-state index in [2.05, 4.69) is 9.88 Å². The molecule has 158 valence electrons. The third-order valence-corrected chi connectivity index (χ3v) is 6.70. The van der Waals surface area contributed by atoms with Crippen molar-refractivity contribution < 1.29 is 27.2 Å². The molecule has 0 atom stereocenters. The number of sulfonamides is 1. The van der Waals surface area contributed by atoms with Gasteiger partial charge in [0.25, 0.3) is 5.91 Å². The minimum absolute atomic E-state index is 0.0829. The Balaban J connectivity index is 1.66. The lowest BCUT2D eigenvalue weighted by Gasteiger charge is -2.32. The van der Waals surface area contributed by atoms with Crippen LogP contribution in [0.3, 0.4) is 0 Å². The predicted octanol–water partition coefficient (Wildman–Crippen LogP) is 1.89. The summed E-state index contributed by atoms with van der Waals surface area (Å²) in [6, 6.07) is 4.76. The van der Waals surface area contributed by atoms with Crippen molar-refractivity contribution in [2.24, 2.45) is 0 Å². The fourth-order valence-corrected chi connectivity index (χ4v) is 5.08. The molecule has 0 radical (unpaired) electrons. The van der Waals surface area contributed by atoms with E-state index in [9.17, 15) is 13.2 Å². The van der Waals surface area contributed by atoms with E-state index in [1.54, 1.807) is 36.9 Å². The van der Waals surface area contributed by atoms with Crippen LogP contribution in [0, 0.1) is 13.8 Å². The van der Waals surface area contributed by atoms with Crippen LogP contribution in [-0.4, -0.2) is 57.7 Å². The van der Waals surface area contributed by atoms with Gasteiger partial charge in [-0.25, -0.2) is 13.1 Å². The van der Waals surface area contributed by atoms with Crippen LogP contribution in [0.15, 0.2) is 27.6 Å². The first-order chi connectivity index (χ1) is 13.7. The van der Waals surface area contributed by atoms with Crippen LogP contribution in [0.1, 0.15) is 34.7 Å². The molecular weight excluding hydrogens is 398 g/mol. The Morgan fingerprint density at radius 2 is 1.72 bits per heavy atom. The Morgan fingerprint density at radius 3 is 2.21 bits per heavy atom. The number of benzene rings is 1. The van der Waals surface area contributed by atoms with Gasteiger partial charge in [0.1, 0.15) is 22.1 Å². The zero-order chi connectivity index (χ0) is 21.2. The Morgan fingerprint density at radius 1 is 1.14 bits per heavy atom. The molecule has 0 aliphatic carbocycles. The lowest BCUT2D eigenvalue weighted by atomic mass is 10.0. The molecule has 1 aliphatic heterocycles. The summed E-state index contributed by atoms with van der Waals surface area (Å²) in [5.74, 6) is 1.19. The number of amides is 1. The fraction of sp³-hybridized carbons (Fsp3) is 0.474. The lowest BCUT2D eigenvalue weighted by molar-refractivity contribution is 0.0710. The van der Waals surface area contributed by atoms with Crippen LogP contribution >= 0.6 is 0 Å². The number of hydrogen-bond acceptors (Lipinski definition) is 7. The minimum atomic E-state index is -3.73. The van der Waals surface area contributed by atoms with E-state index in [-0.39, 0.29) is 22.6 Å². The van der Waals surface area contributed by atoms with Crippen molar-refractivity contribution in [2.75, 3.05) is 27.3 Å². The normalized spacial score (nSPS) is 15.4. The Labute approximate surface area is 170 Å². The number of carbonyl (C=O) groups is 1. The number of rotatable bonds is 6. The van der Waals surface area contributed by atoms with Gasteiger partial charge in [-0.05, 0) is 38.8 Å². The molecule has 1 fully saturated rings. The first kappa shape index (κ1) is 21.1. The third-order valence-electron chi connectivity index (χ3n) is 4.94. The van der Waals surface area contributed by atoms with Crippen molar-refractivity contribution in [1.29, 1.82) is 0 Å². The maximum absolute atomic E-state index is 12.9. The molecule has 3 rings (SSSR count). The Hall–Kier alpha value is -2.59. The van der Waals surface area contributed by atoms with Crippen molar-refractivity contribution in [3.63, 3.8) is 0 Å². The summed E-state index contributed by atoms with van der Waals surface area (Å²) in [5.41, 5.74) is 0.797. The second kappa shape index (κ2) is 8.42. The number of piperidine rings is 1. The van der Waals surface area contributed by atoms with Crippen molar-refractivity contribution in [2.45, 2.75) is 37.6 Å². The minimum Gasteiger partial charge on any atom is -0.497 e. The Bertz CT molecular complexity index is 952. The monoisotopic (exact) mass is 423 g/mol. The number of aryl methyl sites for hydroxylation is 2. The van der Waals surface area contributed by atoms with E-state index in [1.807, 2.05) is 0 Å². The highest BCUT2D eigenvalue weighted by molar-refractivity contribution is 7.89. The lowest BCUT2D eigenvalue weighted by Crippen LogP contribution is -2.46. The maximum atomic E-state index is 12.9. The molecule has 10 heteroatoms. The summed E-state index contributed by atoms with van der Waals surface area (Å²) in [7, 11) is -0.674. The highest BCUT2D eigenvalue weighted by atomic mass is 32.2. The van der Waals surface area contributed by atoms with Crippen LogP contribution in [0.5, 0.6) is 11.5 Å². The van der Waals surface area contributed by atoms with E-state index in [0.29, 0.717) is 48.7 Å². The SMILES string of the molecule is COc1cc(OC)cc(C(=O)N2CCC(NS(=O)(=O)c3c(C)noc3C)CC2)c1. The molecule has 29 heavy (non-hydrogen) atoms. The maximum Gasteiger partial charge on any atom is 0.254 e. The number of carbonyl (C=O) groups excluding carboxylic acids is 1. The van der Waals surface area contributed by atoms with Crippen molar-refractivity contribution in [3.8, 4) is 11.5 Å². The molecule has 9 nitrogen and oxygen atoms in total. The highest BCUT2D eigenvalue weighted by Gasteiger charge is 2.30. The zero-order valence-electron chi connectivity index (χ0n) is 16.9. The standard InChI is InChI=1S/C19H25N3O6S/c1-12-18(13(2)28-20-12)29(24,25)21-15-5-7-22(8-6-15)19(23)14-9-16(26-3)11-17(10-14)27-4/h9-11,15,21H,5-8H2,1-4H3. The van der Waals surface area contributed by atoms with Gasteiger partial charge in [-0.15, -0.1) is 0 Å². The quantitative estimate of drug-likeness (QED) is 0.755. The summed E-state index contributed by atoms with van der Waals surface area (Å²) in [5, 5.41) is 3.71. The molecule has 1 saturated heterocycles. The van der Waals surface area contributed by atoms with Crippen LogP contribution in [0.4, 0.5) is 0 Å². The first-order valence-corrected chi connectivity index (χ1v) is 10.7. The second-order valence-corrected chi connectivity index (χ2v) is 8.59. The summed E-state index contributed by atoms with van der Waals surface area (Å²) >= 11 is 0. The molecule has 2 aromatic rings. The molecule has 2 heterocycles. The van der Waals surface area contributed by atoms with E-state index in [4.69, 9.17) is 14.0 Å². The average Bonchev–Trinajstić information content (AvgIpc) is 3.06. The number of nitrogens with one attached hydrogen (secondary N) is 1. The predicted molar refractivity (Wildman–Crippen MR) is 105 cm³/mol. The van der Waals surface area contributed by atoms with Crippen molar-refractivity contribution in [3.05, 3.63) is 35.2 Å². The molecule has 1 amide bonds. The van der Waals surface area contributed by atoms with Crippen molar-refractivity contribution in [1.82, 2.24) is 14.8 Å². The number of methoxy groups -OCH3 is 2. The largest absolute Gasteiger partial charge is 0.497 e. The summed E-state index contributed by atoms with van der Waals surface area (Å²) in [6.45, 7) is 4.03. The molecule has 1 aromatic carbocycles. The van der Waals surface area contributed by atoms with Gasteiger partial charge < -0.3 is 18.9 Å². The smallest absolute Gasteiger partial charge is 0.254 e. The van der Waals surface area contributed by atoms with Crippen molar-refractivity contribution >= 4 is 15.9 Å². The molecular formula is C19H25N3O6S. The average molecular weight is 423 g/mol. The summed E-state index contributed by atoms with van der Waals surface area (Å²) < 4.78 is 43.4. The number of nitrogens with zero attached hydrogens (tertiary/aromatic N) is 2. The summed E-state index contributed by atoms with van der Waals surface area (Å²) in [6.07, 6.45) is 1.02. The molecule has 0 spiro atoms. The summed E-state index contributed by atoms with van der Waals surface area (Å²) in [4.78, 5) is 14.6. The molecule has 0 bridgehead atoms. The van der Waals surface area contributed by atoms with E-state index >= 15 is 0 Å². The van der Waals surface area contributed by atoms with Crippen LogP contribution in [0.2, 0.25) is 0 Å². The molecule has 1 N–H and O–H groups in total. The number of likely N-dealkylation sites (tertiary alicyclic amines) is 1. The van der Waals surface area contributed by atoms with Gasteiger partial charge in [0.2, 0.25) is 10.0 Å². The van der Waals surface area contributed by atoms with Gasteiger partial charge in [-0.3, -0.25) is 4.79 Å². The third kappa shape index (κ3) is 4.54. The zero-order valence-corrected chi connectivity index (χ0v) is 17.7.